The minimum Gasteiger partial charge on any atom is -0.510 e. The molecule has 2 aromatic carbocycles. The summed E-state index contributed by atoms with van der Waals surface area (Å²) in [7, 11) is 3.19. The Balaban J connectivity index is 1.73. The van der Waals surface area contributed by atoms with E-state index in [0.29, 0.717) is 0 Å². The molecular formula is C29H27ClF3N3O6. The van der Waals surface area contributed by atoms with Gasteiger partial charge >= 0.3 is 6.18 Å². The van der Waals surface area contributed by atoms with Gasteiger partial charge in [0, 0.05) is 17.7 Å². The minimum absolute atomic E-state index is 0.00288. The van der Waals surface area contributed by atoms with E-state index in [9.17, 15) is 42.9 Å². The number of aliphatic hydroxyl groups is 2. The molecule has 2 aromatic rings. The maximum atomic E-state index is 13.9. The minimum atomic E-state index is -4.76. The van der Waals surface area contributed by atoms with Crippen LogP contribution in [0.15, 0.2) is 41.2 Å². The van der Waals surface area contributed by atoms with Crippen LogP contribution in [0.3, 0.4) is 0 Å². The number of primary amides is 1. The van der Waals surface area contributed by atoms with E-state index in [-0.39, 0.29) is 52.8 Å². The highest BCUT2D eigenvalue weighted by atomic mass is 35.5. The van der Waals surface area contributed by atoms with Gasteiger partial charge in [0.1, 0.15) is 22.8 Å². The molecule has 1 amide bonds. The van der Waals surface area contributed by atoms with Gasteiger partial charge in [-0.05, 0) is 73.7 Å². The molecule has 5 rings (SSSR count). The quantitative estimate of drug-likeness (QED) is 0.260. The van der Waals surface area contributed by atoms with E-state index < -0.39 is 80.9 Å². The SMILES string of the molecule is CN(C)[C@@H]1C(O)=C(C(N)=O)C(=O)C2C(=O)C3=C(O)c4c(O)c(CN)cc(-c5ccc(Cl)c(C(F)(F)F)c5)c4CC3CC21. The molecule has 3 aliphatic rings. The molecule has 0 saturated heterocycles. The van der Waals surface area contributed by atoms with Crippen LogP contribution in [-0.2, 0) is 33.5 Å². The van der Waals surface area contributed by atoms with Gasteiger partial charge in [-0.15, -0.1) is 0 Å². The number of carbonyl (C=O) groups excluding carboxylic acids is 3. The number of fused-ring (bicyclic) bond motifs is 3. The largest absolute Gasteiger partial charge is 0.510 e. The maximum Gasteiger partial charge on any atom is 0.417 e. The number of benzene rings is 2. The third-order valence-electron chi connectivity index (χ3n) is 8.45. The molecule has 0 aromatic heterocycles. The topological polar surface area (TPSA) is 167 Å². The molecule has 3 unspecified atom stereocenters. The lowest BCUT2D eigenvalue weighted by atomic mass is 9.59. The Labute approximate surface area is 242 Å². The number of hydrogen-bond acceptors (Lipinski definition) is 8. The number of amides is 1. The Morgan fingerprint density at radius 1 is 1.12 bits per heavy atom. The molecule has 3 aliphatic carbocycles. The number of nitrogens with zero attached hydrogens (tertiary/aromatic N) is 1. The average Bonchev–Trinajstić information content (AvgIpc) is 2.87. The number of nitrogens with two attached hydrogens (primary N) is 2. The second-order valence-corrected chi connectivity index (χ2v) is 11.4. The Kier molecular flexibility index (Phi) is 7.15. The van der Waals surface area contributed by atoms with Crippen LogP contribution in [0.1, 0.15) is 28.7 Å². The molecule has 1 fully saturated rings. The third-order valence-corrected chi connectivity index (χ3v) is 8.78. The number of hydrogen-bond donors (Lipinski definition) is 5. The lowest BCUT2D eigenvalue weighted by molar-refractivity contribution is -0.138. The molecule has 7 N–H and O–H groups in total. The fourth-order valence-corrected chi connectivity index (χ4v) is 6.94. The molecule has 42 heavy (non-hydrogen) atoms. The van der Waals surface area contributed by atoms with Crippen LogP contribution in [0.4, 0.5) is 13.2 Å². The van der Waals surface area contributed by atoms with Gasteiger partial charge in [-0.3, -0.25) is 19.3 Å². The molecule has 13 heteroatoms. The van der Waals surface area contributed by atoms with Gasteiger partial charge in [-0.1, -0.05) is 17.7 Å². The van der Waals surface area contributed by atoms with Crippen LogP contribution < -0.4 is 11.5 Å². The van der Waals surface area contributed by atoms with Crippen molar-refractivity contribution in [2.45, 2.75) is 31.6 Å². The van der Waals surface area contributed by atoms with Gasteiger partial charge in [0.15, 0.2) is 11.6 Å². The number of phenols is 1. The molecule has 222 valence electrons. The third kappa shape index (κ3) is 4.36. The zero-order valence-corrected chi connectivity index (χ0v) is 23.2. The normalized spacial score (nSPS) is 24.1. The van der Waals surface area contributed by atoms with Gasteiger partial charge in [-0.2, -0.15) is 13.2 Å². The number of halogens is 4. The average molecular weight is 606 g/mol. The van der Waals surface area contributed by atoms with Crippen LogP contribution in [0.5, 0.6) is 5.75 Å². The summed E-state index contributed by atoms with van der Waals surface area (Å²) >= 11 is 5.83. The van der Waals surface area contributed by atoms with Crippen LogP contribution in [0.25, 0.3) is 16.9 Å². The molecule has 4 atom stereocenters. The maximum absolute atomic E-state index is 13.9. The van der Waals surface area contributed by atoms with Crippen molar-refractivity contribution in [2.75, 3.05) is 14.1 Å². The number of carbonyl (C=O) groups is 3. The van der Waals surface area contributed by atoms with E-state index in [2.05, 4.69) is 0 Å². The molecule has 0 radical (unpaired) electrons. The standard InChI is InChI=1S/C29H27ClF3N3O6/c1-36(2)22-15-6-11-5-14-13(10-3-4-17(30)16(8-10)29(31,32)33)7-12(9-34)23(37)19(14)24(38)18(11)25(39)20(15)26(40)21(27(22)41)28(35)42/h3-4,7-8,11,15,20,22,37-38,41H,5-6,9,34H2,1-2H3,(H2,35,42)/t11?,15?,20?,22-/m0/s1. The van der Waals surface area contributed by atoms with Gasteiger partial charge < -0.3 is 26.8 Å². The van der Waals surface area contributed by atoms with Gasteiger partial charge in [0.05, 0.1) is 28.1 Å². The molecule has 0 bridgehead atoms. The molecule has 9 nitrogen and oxygen atoms in total. The first kappa shape index (κ1) is 29.6. The summed E-state index contributed by atoms with van der Waals surface area (Å²) in [6.45, 7) is -0.244. The number of allylic oxidation sites excluding steroid dienone is 1. The van der Waals surface area contributed by atoms with Gasteiger partial charge in [0.2, 0.25) is 0 Å². The Morgan fingerprint density at radius 3 is 2.36 bits per heavy atom. The lowest BCUT2D eigenvalue weighted by Gasteiger charge is -2.46. The summed E-state index contributed by atoms with van der Waals surface area (Å²) in [4.78, 5) is 40.9. The predicted molar refractivity (Wildman–Crippen MR) is 146 cm³/mol. The fraction of sp³-hybridized carbons (Fsp3) is 0.345. The van der Waals surface area contributed by atoms with Crippen molar-refractivity contribution in [2.24, 2.45) is 29.2 Å². The van der Waals surface area contributed by atoms with E-state index in [1.54, 1.807) is 19.0 Å². The first-order chi connectivity index (χ1) is 19.6. The molecule has 0 heterocycles. The Hall–Kier alpha value is -3.87. The fourth-order valence-electron chi connectivity index (χ4n) is 6.71. The molecular weight excluding hydrogens is 579 g/mol. The number of phenolic OH excluding ortho intramolecular Hbond substituents is 1. The first-order valence-corrected chi connectivity index (χ1v) is 13.3. The highest BCUT2D eigenvalue weighted by molar-refractivity contribution is 6.31. The van der Waals surface area contributed by atoms with Crippen molar-refractivity contribution in [3.05, 3.63) is 68.4 Å². The van der Waals surface area contributed by atoms with Crippen molar-refractivity contribution < 1.29 is 42.9 Å². The van der Waals surface area contributed by atoms with Crippen LogP contribution in [0, 0.1) is 17.8 Å². The van der Waals surface area contributed by atoms with E-state index in [4.69, 9.17) is 23.1 Å². The summed E-state index contributed by atoms with van der Waals surface area (Å²) in [5.74, 6) is -7.54. The molecule has 0 aliphatic heterocycles. The Morgan fingerprint density at radius 2 is 1.79 bits per heavy atom. The summed E-state index contributed by atoms with van der Waals surface area (Å²) in [6.07, 6.45) is -4.66. The molecule has 1 saturated carbocycles. The predicted octanol–water partition coefficient (Wildman–Crippen LogP) is 3.65. The second kappa shape index (κ2) is 10.1. The Bertz CT molecular complexity index is 1630. The van der Waals surface area contributed by atoms with Crippen LogP contribution in [0.2, 0.25) is 5.02 Å². The van der Waals surface area contributed by atoms with Crippen molar-refractivity contribution in [1.82, 2.24) is 4.90 Å². The van der Waals surface area contributed by atoms with E-state index >= 15 is 0 Å². The van der Waals surface area contributed by atoms with Crippen molar-refractivity contribution in [3.63, 3.8) is 0 Å². The zero-order chi connectivity index (χ0) is 31.0. The van der Waals surface area contributed by atoms with E-state index in [1.807, 2.05) is 0 Å². The second-order valence-electron chi connectivity index (χ2n) is 11.0. The van der Waals surface area contributed by atoms with Crippen molar-refractivity contribution >= 4 is 34.8 Å². The number of likely N-dealkylation sites (N-methyl/N-ethyl adjacent to an activating group) is 1. The number of Topliss-reactive ketones (excluding diaryl/α,β-unsaturated/α-hetero) is 2. The van der Waals surface area contributed by atoms with Gasteiger partial charge in [-0.25, -0.2) is 0 Å². The summed E-state index contributed by atoms with van der Waals surface area (Å²) in [6, 6.07) is 3.84. The van der Waals surface area contributed by atoms with E-state index in [0.717, 1.165) is 12.1 Å². The summed E-state index contributed by atoms with van der Waals surface area (Å²) in [5, 5.41) is 32.9. The number of aliphatic hydroxyl groups excluding tert-OH is 2. The highest BCUT2D eigenvalue weighted by Gasteiger charge is 2.56. The molecule has 0 spiro atoms. The number of rotatable bonds is 4. The first-order valence-electron chi connectivity index (χ1n) is 13.0. The number of alkyl halides is 3. The van der Waals surface area contributed by atoms with Crippen LogP contribution >= 0.6 is 11.6 Å². The smallest absolute Gasteiger partial charge is 0.417 e. The highest BCUT2D eigenvalue weighted by Crippen LogP contribution is 2.52. The number of aromatic hydroxyl groups is 1. The summed E-state index contributed by atoms with van der Waals surface area (Å²) < 4.78 is 41.1. The van der Waals surface area contributed by atoms with Gasteiger partial charge in [0.25, 0.3) is 5.91 Å². The zero-order valence-electron chi connectivity index (χ0n) is 22.4. The number of ketones is 2. The van der Waals surface area contributed by atoms with E-state index in [1.165, 1.54) is 12.1 Å². The monoisotopic (exact) mass is 605 g/mol. The van der Waals surface area contributed by atoms with Crippen molar-refractivity contribution in [3.8, 4) is 16.9 Å². The van der Waals surface area contributed by atoms with Crippen molar-refractivity contribution in [1.29, 1.82) is 0 Å². The summed E-state index contributed by atoms with van der Waals surface area (Å²) in [5.41, 5.74) is 9.83. The van der Waals surface area contributed by atoms with Crippen LogP contribution in [-0.4, -0.2) is 57.8 Å². The lowest BCUT2D eigenvalue weighted by Crippen LogP contribution is -2.55.